The van der Waals surface area contributed by atoms with Crippen LogP contribution in [0.5, 0.6) is 0 Å². The number of carboxylic acid groups (broad SMARTS) is 1. The SMILES string of the molecule is CC(C)CN(CC(=O)O)C(=O)C1CCC(NC(=O)OCC2c3ccccc3-c3ccccc32)CC1. The monoisotopic (exact) mass is 478 g/mol. The normalized spacial score (nSPS) is 19.1. The van der Waals surface area contributed by atoms with Crippen LogP contribution in [-0.2, 0) is 14.3 Å². The van der Waals surface area contributed by atoms with Crippen LogP contribution in [0.3, 0.4) is 0 Å². The molecule has 1 saturated carbocycles. The first-order valence-electron chi connectivity index (χ1n) is 12.5. The van der Waals surface area contributed by atoms with E-state index in [9.17, 15) is 14.4 Å². The van der Waals surface area contributed by atoms with E-state index in [4.69, 9.17) is 9.84 Å². The van der Waals surface area contributed by atoms with Crippen molar-refractivity contribution >= 4 is 18.0 Å². The summed E-state index contributed by atoms with van der Waals surface area (Å²) in [6, 6.07) is 16.4. The lowest BCUT2D eigenvalue weighted by atomic mass is 9.85. The number of benzene rings is 2. The molecule has 2 aliphatic rings. The zero-order valence-electron chi connectivity index (χ0n) is 20.4. The van der Waals surface area contributed by atoms with Gasteiger partial charge in [0.25, 0.3) is 0 Å². The van der Waals surface area contributed by atoms with E-state index >= 15 is 0 Å². The van der Waals surface area contributed by atoms with Crippen molar-refractivity contribution in [2.24, 2.45) is 11.8 Å². The van der Waals surface area contributed by atoms with Crippen molar-refractivity contribution in [1.82, 2.24) is 10.2 Å². The number of alkyl carbamates (subject to hydrolysis) is 1. The average Bonchev–Trinajstić information content (AvgIpc) is 3.15. The molecule has 2 N–H and O–H groups in total. The maximum absolute atomic E-state index is 12.9. The van der Waals surface area contributed by atoms with E-state index in [1.807, 2.05) is 38.1 Å². The van der Waals surface area contributed by atoms with Crippen molar-refractivity contribution in [2.75, 3.05) is 19.7 Å². The van der Waals surface area contributed by atoms with Crippen LogP contribution in [0.1, 0.15) is 56.6 Å². The van der Waals surface area contributed by atoms with Crippen LogP contribution >= 0.6 is 0 Å². The van der Waals surface area contributed by atoms with Gasteiger partial charge < -0.3 is 20.1 Å². The van der Waals surface area contributed by atoms with Crippen molar-refractivity contribution in [2.45, 2.75) is 51.5 Å². The summed E-state index contributed by atoms with van der Waals surface area (Å²) in [6.45, 7) is 4.37. The summed E-state index contributed by atoms with van der Waals surface area (Å²) >= 11 is 0. The van der Waals surface area contributed by atoms with Gasteiger partial charge in [-0.3, -0.25) is 9.59 Å². The van der Waals surface area contributed by atoms with E-state index in [0.717, 1.165) is 0 Å². The van der Waals surface area contributed by atoms with Gasteiger partial charge in [-0.15, -0.1) is 0 Å². The van der Waals surface area contributed by atoms with Gasteiger partial charge in [0.05, 0.1) is 0 Å². The first kappa shape index (κ1) is 24.8. The van der Waals surface area contributed by atoms with E-state index in [-0.39, 0.29) is 42.9 Å². The quantitative estimate of drug-likeness (QED) is 0.576. The van der Waals surface area contributed by atoms with Gasteiger partial charge in [0.2, 0.25) is 5.91 Å². The predicted octanol–water partition coefficient (Wildman–Crippen LogP) is 4.65. The van der Waals surface area contributed by atoms with Gasteiger partial charge in [-0.25, -0.2) is 4.79 Å². The highest BCUT2D eigenvalue weighted by atomic mass is 16.5. The summed E-state index contributed by atoms with van der Waals surface area (Å²) in [5.74, 6) is -1.08. The molecule has 2 aliphatic carbocycles. The number of ether oxygens (including phenoxy) is 1. The summed E-state index contributed by atoms with van der Waals surface area (Å²) in [5.41, 5.74) is 4.73. The molecular formula is C28H34N2O5. The molecule has 4 rings (SSSR count). The lowest BCUT2D eigenvalue weighted by Crippen LogP contribution is -2.45. The first-order chi connectivity index (χ1) is 16.8. The third-order valence-corrected chi connectivity index (χ3v) is 6.97. The van der Waals surface area contributed by atoms with Gasteiger partial charge in [0.15, 0.2) is 0 Å². The van der Waals surface area contributed by atoms with Crippen molar-refractivity contribution < 1.29 is 24.2 Å². The molecule has 0 unspecified atom stereocenters. The minimum Gasteiger partial charge on any atom is -0.480 e. The number of hydrogen-bond acceptors (Lipinski definition) is 4. The summed E-state index contributed by atoms with van der Waals surface area (Å²) in [6.07, 6.45) is 2.16. The molecule has 2 aromatic rings. The topological polar surface area (TPSA) is 95.9 Å². The maximum atomic E-state index is 12.9. The number of nitrogens with one attached hydrogen (secondary N) is 1. The second kappa shape index (κ2) is 10.9. The largest absolute Gasteiger partial charge is 0.480 e. The molecule has 0 aromatic heterocycles. The number of carbonyl (C=O) groups excluding carboxylic acids is 2. The van der Waals surface area contributed by atoms with E-state index in [2.05, 4.69) is 29.6 Å². The fourth-order valence-corrected chi connectivity index (χ4v) is 5.39. The molecule has 0 aliphatic heterocycles. The van der Waals surface area contributed by atoms with Crippen LogP contribution < -0.4 is 5.32 Å². The first-order valence-corrected chi connectivity index (χ1v) is 12.5. The van der Waals surface area contributed by atoms with Crippen LogP contribution in [-0.4, -0.2) is 53.7 Å². The Labute approximate surface area is 206 Å². The number of carbonyl (C=O) groups is 3. The molecule has 2 aromatic carbocycles. The summed E-state index contributed by atoms with van der Waals surface area (Å²) in [4.78, 5) is 38.1. The zero-order chi connectivity index (χ0) is 24.9. The van der Waals surface area contributed by atoms with Crippen LogP contribution in [0.4, 0.5) is 4.79 Å². The molecule has 0 atom stereocenters. The van der Waals surface area contributed by atoms with Gasteiger partial charge in [-0.2, -0.15) is 0 Å². The van der Waals surface area contributed by atoms with E-state index < -0.39 is 12.1 Å². The number of rotatable bonds is 8. The minimum absolute atomic E-state index is 0.0164. The van der Waals surface area contributed by atoms with Crippen molar-refractivity contribution in [3.05, 3.63) is 59.7 Å². The van der Waals surface area contributed by atoms with Gasteiger partial charge in [0.1, 0.15) is 13.2 Å². The molecule has 0 radical (unpaired) electrons. The lowest BCUT2D eigenvalue weighted by molar-refractivity contribution is -0.147. The number of carboxylic acids is 1. The molecule has 7 heteroatoms. The lowest BCUT2D eigenvalue weighted by Gasteiger charge is -2.32. The Kier molecular flexibility index (Phi) is 7.73. The highest BCUT2D eigenvalue weighted by Crippen LogP contribution is 2.44. The number of nitrogens with zero attached hydrogens (tertiary/aromatic N) is 1. The van der Waals surface area contributed by atoms with Crippen molar-refractivity contribution in [1.29, 1.82) is 0 Å². The van der Waals surface area contributed by atoms with Crippen LogP contribution in [0.25, 0.3) is 11.1 Å². The summed E-state index contributed by atoms with van der Waals surface area (Å²) < 4.78 is 5.65. The van der Waals surface area contributed by atoms with Crippen molar-refractivity contribution in [3.63, 3.8) is 0 Å². The Morgan fingerprint density at radius 1 is 0.971 bits per heavy atom. The molecule has 35 heavy (non-hydrogen) atoms. The van der Waals surface area contributed by atoms with Gasteiger partial charge in [-0.05, 0) is 53.9 Å². The molecular weight excluding hydrogens is 444 g/mol. The Hall–Kier alpha value is -3.35. The molecule has 0 heterocycles. The number of hydrogen-bond donors (Lipinski definition) is 2. The zero-order valence-corrected chi connectivity index (χ0v) is 20.4. The fourth-order valence-electron chi connectivity index (χ4n) is 5.39. The highest BCUT2D eigenvalue weighted by Gasteiger charge is 2.32. The van der Waals surface area contributed by atoms with Gasteiger partial charge >= 0.3 is 12.1 Å². The average molecular weight is 479 g/mol. The highest BCUT2D eigenvalue weighted by molar-refractivity contribution is 5.83. The smallest absolute Gasteiger partial charge is 0.407 e. The number of aliphatic carboxylic acids is 1. The van der Waals surface area contributed by atoms with E-state index in [1.165, 1.54) is 27.2 Å². The molecule has 1 fully saturated rings. The van der Waals surface area contributed by atoms with E-state index in [1.54, 1.807) is 0 Å². The molecule has 0 bridgehead atoms. The maximum Gasteiger partial charge on any atom is 0.407 e. The summed E-state index contributed by atoms with van der Waals surface area (Å²) in [7, 11) is 0. The van der Waals surface area contributed by atoms with Crippen molar-refractivity contribution in [3.8, 4) is 11.1 Å². The Morgan fingerprint density at radius 2 is 1.54 bits per heavy atom. The minimum atomic E-state index is -0.996. The second-order valence-corrected chi connectivity index (χ2v) is 10.0. The van der Waals surface area contributed by atoms with Crippen LogP contribution in [0.2, 0.25) is 0 Å². The Bertz CT molecular complexity index is 1030. The molecule has 2 amide bonds. The Balaban J connectivity index is 1.28. The standard InChI is InChI=1S/C28H34N2O5/c1-18(2)15-30(16-26(31)32)27(33)19-11-13-20(14-12-19)29-28(34)35-17-25-23-9-5-3-7-21(23)22-8-4-6-10-24(22)25/h3-10,18-20,25H,11-17H2,1-2H3,(H,29,34)(H,31,32). The number of fused-ring (bicyclic) bond motifs is 3. The third kappa shape index (κ3) is 5.84. The van der Waals surface area contributed by atoms with Crippen LogP contribution in [0.15, 0.2) is 48.5 Å². The molecule has 0 saturated heterocycles. The molecule has 0 spiro atoms. The summed E-state index contributed by atoms with van der Waals surface area (Å²) in [5, 5.41) is 12.1. The van der Waals surface area contributed by atoms with Gasteiger partial charge in [0, 0.05) is 24.4 Å². The Morgan fingerprint density at radius 3 is 2.09 bits per heavy atom. The van der Waals surface area contributed by atoms with E-state index in [0.29, 0.717) is 32.2 Å². The third-order valence-electron chi connectivity index (χ3n) is 6.97. The fraction of sp³-hybridized carbons (Fsp3) is 0.464. The van der Waals surface area contributed by atoms with Gasteiger partial charge in [-0.1, -0.05) is 62.4 Å². The van der Waals surface area contributed by atoms with Crippen LogP contribution in [0, 0.1) is 11.8 Å². The molecule has 186 valence electrons. The number of amides is 2. The molecule has 7 nitrogen and oxygen atoms in total. The second-order valence-electron chi connectivity index (χ2n) is 10.0. The predicted molar refractivity (Wildman–Crippen MR) is 133 cm³/mol.